The number of carbonyl (C=O) groups is 2. The van der Waals surface area contributed by atoms with Gasteiger partial charge < -0.3 is 5.73 Å². The summed E-state index contributed by atoms with van der Waals surface area (Å²) in [5.41, 5.74) is 5.99. The second kappa shape index (κ2) is 6.87. The highest BCUT2D eigenvalue weighted by molar-refractivity contribution is 7.89. The van der Waals surface area contributed by atoms with Gasteiger partial charge >= 0.3 is 0 Å². The van der Waals surface area contributed by atoms with Gasteiger partial charge in [-0.05, 0) is 25.5 Å². The molecule has 0 spiro atoms. The van der Waals surface area contributed by atoms with Crippen molar-refractivity contribution < 1.29 is 18.0 Å². The highest BCUT2D eigenvalue weighted by atomic mass is 32.2. The Hall–Kier alpha value is -2.35. The van der Waals surface area contributed by atoms with E-state index in [2.05, 4.69) is 4.72 Å². The molecule has 1 aliphatic rings. The van der Waals surface area contributed by atoms with Crippen LogP contribution >= 0.6 is 0 Å². The molecule has 0 saturated heterocycles. The molecule has 7 heteroatoms. The van der Waals surface area contributed by atoms with Crippen LogP contribution in [0.1, 0.15) is 44.7 Å². The third kappa shape index (κ3) is 3.13. The van der Waals surface area contributed by atoms with E-state index in [4.69, 9.17) is 5.73 Å². The molecule has 6 nitrogen and oxygen atoms in total. The first-order valence-corrected chi connectivity index (χ1v) is 9.47. The molecule has 0 fully saturated rings. The van der Waals surface area contributed by atoms with Crippen LogP contribution in [0, 0.1) is 0 Å². The standard InChI is InChI=1S/C18H18N2O4S/c19-10-3-4-11-20-25(23,24)15-9-5-8-14-16(15)18(22)13-7-2-1-6-12(13)17(14)21/h1-2,5-9,20H,3-4,10-11,19H2. The molecule has 0 unspecified atom stereocenters. The van der Waals surface area contributed by atoms with Crippen LogP contribution in [0.5, 0.6) is 0 Å². The molecule has 3 N–H and O–H groups in total. The molecule has 0 aliphatic heterocycles. The number of nitrogens with two attached hydrogens (primary N) is 1. The van der Waals surface area contributed by atoms with Crippen LogP contribution in [0.25, 0.3) is 0 Å². The predicted octanol–water partition coefficient (Wildman–Crippen LogP) is 1.48. The third-order valence-electron chi connectivity index (χ3n) is 4.13. The number of benzene rings is 2. The summed E-state index contributed by atoms with van der Waals surface area (Å²) in [6.45, 7) is 0.703. The van der Waals surface area contributed by atoms with Gasteiger partial charge in [-0.1, -0.05) is 36.4 Å². The lowest BCUT2D eigenvalue weighted by Crippen LogP contribution is -2.30. The first-order chi connectivity index (χ1) is 12.0. The zero-order valence-corrected chi connectivity index (χ0v) is 14.3. The minimum absolute atomic E-state index is 0.0578. The van der Waals surface area contributed by atoms with Gasteiger partial charge in [0.15, 0.2) is 11.6 Å². The number of unbranched alkanes of at least 4 members (excludes halogenated alkanes) is 1. The van der Waals surface area contributed by atoms with Gasteiger partial charge in [-0.3, -0.25) is 9.59 Å². The topological polar surface area (TPSA) is 106 Å². The number of fused-ring (bicyclic) bond motifs is 2. The zero-order valence-electron chi connectivity index (χ0n) is 13.5. The second-order valence-electron chi connectivity index (χ2n) is 5.78. The van der Waals surface area contributed by atoms with E-state index in [1.165, 1.54) is 24.3 Å². The molecule has 0 atom stereocenters. The van der Waals surface area contributed by atoms with Crippen molar-refractivity contribution in [1.29, 1.82) is 0 Å². The molecule has 0 saturated carbocycles. The molecule has 2 aromatic carbocycles. The van der Waals surface area contributed by atoms with Crippen molar-refractivity contribution >= 4 is 21.6 Å². The van der Waals surface area contributed by atoms with Crippen molar-refractivity contribution in [1.82, 2.24) is 4.72 Å². The Morgan fingerprint density at radius 3 is 2.16 bits per heavy atom. The van der Waals surface area contributed by atoms with Gasteiger partial charge in [-0.15, -0.1) is 0 Å². The van der Waals surface area contributed by atoms with E-state index in [-0.39, 0.29) is 33.9 Å². The fraction of sp³-hybridized carbons (Fsp3) is 0.222. The smallest absolute Gasteiger partial charge is 0.241 e. The minimum Gasteiger partial charge on any atom is -0.330 e. The number of rotatable bonds is 6. The number of hydrogen-bond donors (Lipinski definition) is 2. The Morgan fingerprint density at radius 2 is 1.48 bits per heavy atom. The normalized spacial score (nSPS) is 13.5. The number of carbonyl (C=O) groups excluding carboxylic acids is 2. The number of hydrogen-bond acceptors (Lipinski definition) is 5. The van der Waals surface area contributed by atoms with Gasteiger partial charge in [0.1, 0.15) is 0 Å². The van der Waals surface area contributed by atoms with E-state index in [0.29, 0.717) is 24.9 Å². The van der Waals surface area contributed by atoms with E-state index in [1.807, 2.05) is 0 Å². The average molecular weight is 358 g/mol. The van der Waals surface area contributed by atoms with Crippen molar-refractivity contribution in [3.05, 3.63) is 64.7 Å². The lowest BCUT2D eigenvalue weighted by molar-refractivity contribution is 0.0976. The van der Waals surface area contributed by atoms with Crippen LogP contribution in [0.3, 0.4) is 0 Å². The molecule has 2 aromatic rings. The van der Waals surface area contributed by atoms with Gasteiger partial charge in [0.2, 0.25) is 10.0 Å². The molecule has 1 aliphatic carbocycles. The predicted molar refractivity (Wildman–Crippen MR) is 93.2 cm³/mol. The summed E-state index contributed by atoms with van der Waals surface area (Å²) in [5, 5.41) is 0. The van der Waals surface area contributed by atoms with Gasteiger partial charge in [0.25, 0.3) is 0 Å². The fourth-order valence-electron chi connectivity index (χ4n) is 2.89. The molecule has 0 radical (unpaired) electrons. The van der Waals surface area contributed by atoms with Crippen molar-refractivity contribution in [2.45, 2.75) is 17.7 Å². The summed E-state index contributed by atoms with van der Waals surface area (Å²) in [4.78, 5) is 25.3. The van der Waals surface area contributed by atoms with Gasteiger partial charge in [0.05, 0.1) is 10.5 Å². The highest BCUT2D eigenvalue weighted by Gasteiger charge is 2.34. The highest BCUT2D eigenvalue weighted by Crippen LogP contribution is 2.31. The summed E-state index contributed by atoms with van der Waals surface area (Å²) in [6, 6.07) is 10.8. The lowest BCUT2D eigenvalue weighted by Gasteiger charge is -2.20. The van der Waals surface area contributed by atoms with E-state index in [1.54, 1.807) is 18.2 Å². The Bertz CT molecular complexity index is 951. The summed E-state index contributed by atoms with van der Waals surface area (Å²) in [5.74, 6) is -0.793. The maximum Gasteiger partial charge on any atom is 0.241 e. The number of sulfonamides is 1. The maximum absolute atomic E-state index is 12.8. The molecule has 0 amide bonds. The largest absolute Gasteiger partial charge is 0.330 e. The first-order valence-electron chi connectivity index (χ1n) is 7.98. The minimum atomic E-state index is -3.90. The fourth-order valence-corrected chi connectivity index (χ4v) is 4.19. The van der Waals surface area contributed by atoms with E-state index >= 15 is 0 Å². The van der Waals surface area contributed by atoms with Crippen LogP contribution in [-0.4, -0.2) is 33.1 Å². The molecular weight excluding hydrogens is 340 g/mol. The monoisotopic (exact) mass is 358 g/mol. The van der Waals surface area contributed by atoms with Gasteiger partial charge in [-0.2, -0.15) is 0 Å². The van der Waals surface area contributed by atoms with Crippen molar-refractivity contribution in [2.24, 2.45) is 5.73 Å². The van der Waals surface area contributed by atoms with Crippen molar-refractivity contribution in [3.8, 4) is 0 Å². The molecule has 0 bridgehead atoms. The Morgan fingerprint density at radius 1 is 0.840 bits per heavy atom. The van der Waals surface area contributed by atoms with Crippen LogP contribution in [0.2, 0.25) is 0 Å². The molecule has 0 aromatic heterocycles. The lowest BCUT2D eigenvalue weighted by atomic mass is 9.84. The molecule has 0 heterocycles. The molecule has 3 rings (SSSR count). The third-order valence-corrected chi connectivity index (χ3v) is 5.63. The van der Waals surface area contributed by atoms with Gasteiger partial charge in [-0.25, -0.2) is 13.1 Å². The quantitative estimate of drug-likeness (QED) is 0.649. The van der Waals surface area contributed by atoms with Crippen LogP contribution in [-0.2, 0) is 10.0 Å². The second-order valence-corrected chi connectivity index (χ2v) is 7.51. The van der Waals surface area contributed by atoms with Crippen LogP contribution in [0.4, 0.5) is 0 Å². The van der Waals surface area contributed by atoms with Crippen molar-refractivity contribution in [3.63, 3.8) is 0 Å². The average Bonchev–Trinajstić information content (AvgIpc) is 2.63. The molecule has 25 heavy (non-hydrogen) atoms. The Balaban J connectivity index is 2.05. The number of nitrogens with one attached hydrogen (secondary N) is 1. The summed E-state index contributed by atoms with van der Waals surface area (Å²) in [7, 11) is -3.90. The SMILES string of the molecule is NCCCCNS(=O)(=O)c1cccc2c1C(=O)c1ccccc1C2=O. The van der Waals surface area contributed by atoms with Crippen LogP contribution in [0.15, 0.2) is 47.4 Å². The van der Waals surface area contributed by atoms with E-state index in [0.717, 1.165) is 0 Å². The first kappa shape index (κ1) is 17.5. The summed E-state index contributed by atoms with van der Waals surface area (Å²) in [6.07, 6.45) is 1.29. The van der Waals surface area contributed by atoms with Crippen LogP contribution < -0.4 is 10.5 Å². The molecular formula is C18H18N2O4S. The van der Waals surface area contributed by atoms with E-state index < -0.39 is 15.8 Å². The summed E-state index contributed by atoms with van der Waals surface area (Å²) < 4.78 is 27.7. The Kier molecular flexibility index (Phi) is 4.80. The summed E-state index contributed by atoms with van der Waals surface area (Å²) >= 11 is 0. The zero-order chi connectivity index (χ0) is 18.0. The van der Waals surface area contributed by atoms with Crippen molar-refractivity contribution in [2.75, 3.05) is 13.1 Å². The van der Waals surface area contributed by atoms with E-state index in [9.17, 15) is 18.0 Å². The number of ketones is 2. The maximum atomic E-state index is 12.8. The van der Waals surface area contributed by atoms with Gasteiger partial charge in [0, 0.05) is 23.2 Å². The Labute approximate surface area is 146 Å². The molecule has 130 valence electrons.